The van der Waals surface area contributed by atoms with Gasteiger partial charge >= 0.3 is 0 Å². The van der Waals surface area contributed by atoms with Gasteiger partial charge in [-0.25, -0.2) is 9.97 Å². The van der Waals surface area contributed by atoms with Crippen LogP contribution in [0.5, 0.6) is 0 Å². The van der Waals surface area contributed by atoms with E-state index >= 15 is 0 Å². The molecule has 0 radical (unpaired) electrons. The summed E-state index contributed by atoms with van der Waals surface area (Å²) < 4.78 is 13.2. The van der Waals surface area contributed by atoms with Gasteiger partial charge in [-0.2, -0.15) is 0 Å². The van der Waals surface area contributed by atoms with Crippen molar-refractivity contribution in [2.24, 2.45) is 0 Å². The topological polar surface area (TPSA) is 75.2 Å². The average Bonchev–Trinajstić information content (AvgIpc) is 2.73. The lowest BCUT2D eigenvalue weighted by atomic mass is 10.3. The van der Waals surface area contributed by atoms with Gasteiger partial charge in [0.1, 0.15) is 5.52 Å². The van der Waals surface area contributed by atoms with Crippen molar-refractivity contribution in [1.82, 2.24) is 14.5 Å². The molecule has 0 aliphatic heterocycles. The van der Waals surface area contributed by atoms with Crippen LogP contribution in [0.3, 0.4) is 0 Å². The molecule has 0 bridgehead atoms. The van der Waals surface area contributed by atoms with Crippen LogP contribution in [0.2, 0.25) is 0 Å². The summed E-state index contributed by atoms with van der Waals surface area (Å²) in [4.78, 5) is 8.68. The molecule has 0 spiro atoms. The second-order valence-corrected chi connectivity index (χ2v) is 5.35. The summed E-state index contributed by atoms with van der Waals surface area (Å²) in [6, 6.07) is 1.92. The number of nitrogens with zero attached hydrogens (tertiary/aromatic N) is 3. The molecule has 0 aliphatic carbocycles. The summed E-state index contributed by atoms with van der Waals surface area (Å²) in [6.07, 6.45) is 3.70. The zero-order valence-electron chi connectivity index (χ0n) is 11.5. The van der Waals surface area contributed by atoms with E-state index in [-0.39, 0.29) is 0 Å². The summed E-state index contributed by atoms with van der Waals surface area (Å²) in [5.74, 6) is 0.505. The van der Waals surface area contributed by atoms with Crippen molar-refractivity contribution in [3.05, 3.63) is 16.7 Å². The molecule has 0 saturated heterocycles. The molecule has 0 aromatic carbocycles. The van der Waals surface area contributed by atoms with E-state index in [2.05, 4.69) is 25.9 Å². The quantitative estimate of drug-likeness (QED) is 0.744. The van der Waals surface area contributed by atoms with Crippen molar-refractivity contribution in [2.75, 3.05) is 32.7 Å². The number of fused-ring (bicyclic) bond motifs is 1. The first-order valence-corrected chi connectivity index (χ1v) is 7.35. The number of imidazole rings is 1. The van der Waals surface area contributed by atoms with Crippen LogP contribution in [-0.4, -0.2) is 41.5 Å². The van der Waals surface area contributed by atoms with Crippen LogP contribution in [0, 0.1) is 0 Å². The second-order valence-electron chi connectivity index (χ2n) is 4.43. The van der Waals surface area contributed by atoms with Gasteiger partial charge in [0.2, 0.25) is 5.95 Å². The van der Waals surface area contributed by atoms with Crippen LogP contribution in [-0.2, 0) is 16.0 Å². The molecular weight excluding hydrogens is 324 g/mol. The average molecular weight is 343 g/mol. The summed E-state index contributed by atoms with van der Waals surface area (Å²) in [6.45, 7) is 2.81. The number of aromatic nitrogens is 3. The summed E-state index contributed by atoms with van der Waals surface area (Å²) in [5, 5.41) is 0. The van der Waals surface area contributed by atoms with Gasteiger partial charge in [0.15, 0.2) is 5.65 Å². The first kappa shape index (κ1) is 15.2. The molecule has 0 aliphatic rings. The molecule has 2 rings (SSSR count). The Morgan fingerprint density at radius 3 is 2.95 bits per heavy atom. The fraction of sp³-hybridized carbons (Fsp3) is 0.538. The molecule has 110 valence electrons. The van der Waals surface area contributed by atoms with Crippen LogP contribution < -0.4 is 5.73 Å². The Morgan fingerprint density at radius 1 is 1.30 bits per heavy atom. The minimum Gasteiger partial charge on any atom is -0.382 e. The van der Waals surface area contributed by atoms with Gasteiger partial charge in [0.25, 0.3) is 0 Å². The number of hydrogen-bond acceptors (Lipinski definition) is 5. The normalized spacial score (nSPS) is 11.3. The van der Waals surface area contributed by atoms with E-state index in [0.717, 1.165) is 41.6 Å². The third-order valence-corrected chi connectivity index (χ3v) is 3.37. The lowest BCUT2D eigenvalue weighted by Gasteiger charge is -2.06. The number of methoxy groups -OCH3 is 1. The molecule has 0 fully saturated rings. The monoisotopic (exact) mass is 342 g/mol. The zero-order valence-corrected chi connectivity index (χ0v) is 13.1. The molecule has 0 unspecified atom stereocenters. The number of hydrogen-bond donors (Lipinski definition) is 1. The van der Waals surface area contributed by atoms with Crippen LogP contribution in [0.4, 0.5) is 5.95 Å². The highest BCUT2D eigenvalue weighted by atomic mass is 79.9. The van der Waals surface area contributed by atoms with Gasteiger partial charge in [-0.3, -0.25) is 4.57 Å². The summed E-state index contributed by atoms with van der Waals surface area (Å²) >= 11 is 3.38. The van der Waals surface area contributed by atoms with Gasteiger partial charge in [0.05, 0.1) is 13.2 Å². The molecule has 7 heteroatoms. The van der Waals surface area contributed by atoms with E-state index in [1.807, 2.05) is 10.6 Å². The Balaban J connectivity index is 1.85. The maximum Gasteiger partial charge on any atom is 0.202 e. The smallest absolute Gasteiger partial charge is 0.202 e. The van der Waals surface area contributed by atoms with Crippen LogP contribution in [0.25, 0.3) is 11.2 Å². The van der Waals surface area contributed by atoms with Crippen LogP contribution in [0.15, 0.2) is 16.7 Å². The lowest BCUT2D eigenvalue weighted by molar-refractivity contribution is 0.0684. The molecule has 2 heterocycles. The van der Waals surface area contributed by atoms with Crippen molar-refractivity contribution in [1.29, 1.82) is 0 Å². The highest BCUT2D eigenvalue weighted by Gasteiger charge is 2.09. The number of rotatable bonds is 8. The van der Waals surface area contributed by atoms with Crippen LogP contribution in [0.1, 0.15) is 12.8 Å². The highest BCUT2D eigenvalue weighted by Crippen LogP contribution is 2.20. The Hall–Kier alpha value is -1.18. The van der Waals surface area contributed by atoms with Gasteiger partial charge in [-0.15, -0.1) is 0 Å². The number of nitrogen functional groups attached to an aromatic ring is 1. The minimum atomic E-state index is 0.505. The molecule has 2 aromatic rings. The SMILES string of the molecule is COCCOCCCCn1c(N)nc2cc(Br)cnc21. The molecule has 0 saturated carbocycles. The van der Waals surface area contributed by atoms with E-state index in [4.69, 9.17) is 15.2 Å². The highest BCUT2D eigenvalue weighted by molar-refractivity contribution is 9.10. The van der Waals surface area contributed by atoms with E-state index in [9.17, 15) is 0 Å². The number of pyridine rings is 1. The van der Waals surface area contributed by atoms with Crippen molar-refractivity contribution in [3.8, 4) is 0 Å². The van der Waals surface area contributed by atoms with Crippen molar-refractivity contribution < 1.29 is 9.47 Å². The number of ether oxygens (including phenoxy) is 2. The number of aryl methyl sites for hydroxylation is 1. The first-order valence-electron chi connectivity index (χ1n) is 6.56. The summed E-state index contributed by atoms with van der Waals surface area (Å²) in [5.41, 5.74) is 7.57. The van der Waals surface area contributed by atoms with Crippen LogP contribution >= 0.6 is 15.9 Å². The predicted molar refractivity (Wildman–Crippen MR) is 81.6 cm³/mol. The maximum atomic E-state index is 5.93. The van der Waals surface area contributed by atoms with E-state index in [1.54, 1.807) is 13.3 Å². The number of halogens is 1. The standard InChI is InChI=1S/C13H19BrN4O2/c1-19-6-7-20-5-3-2-4-18-12-11(17-13(18)15)8-10(14)9-16-12/h8-9H,2-7H2,1H3,(H2,15,17). The second kappa shape index (κ2) is 7.56. The Morgan fingerprint density at radius 2 is 2.15 bits per heavy atom. The fourth-order valence-corrected chi connectivity index (χ4v) is 2.26. The van der Waals surface area contributed by atoms with E-state index in [0.29, 0.717) is 19.2 Å². The third kappa shape index (κ3) is 3.91. The third-order valence-electron chi connectivity index (χ3n) is 2.93. The lowest BCUT2D eigenvalue weighted by Crippen LogP contribution is -2.07. The minimum absolute atomic E-state index is 0.505. The maximum absolute atomic E-state index is 5.93. The number of anilines is 1. The predicted octanol–water partition coefficient (Wildman–Crippen LogP) is 2.22. The zero-order chi connectivity index (χ0) is 14.4. The molecule has 6 nitrogen and oxygen atoms in total. The molecule has 2 N–H and O–H groups in total. The van der Waals surface area contributed by atoms with Gasteiger partial charge in [-0.1, -0.05) is 0 Å². The fourth-order valence-electron chi connectivity index (χ4n) is 1.94. The molecule has 20 heavy (non-hydrogen) atoms. The van der Waals surface area contributed by atoms with Crippen molar-refractivity contribution in [2.45, 2.75) is 19.4 Å². The first-order chi connectivity index (χ1) is 9.72. The largest absolute Gasteiger partial charge is 0.382 e. The van der Waals surface area contributed by atoms with E-state index < -0.39 is 0 Å². The molecule has 0 atom stereocenters. The Labute approximate surface area is 126 Å². The molecule has 2 aromatic heterocycles. The Kier molecular flexibility index (Phi) is 5.75. The van der Waals surface area contributed by atoms with Gasteiger partial charge in [-0.05, 0) is 34.8 Å². The molecule has 0 amide bonds. The van der Waals surface area contributed by atoms with Gasteiger partial charge in [0, 0.05) is 30.9 Å². The van der Waals surface area contributed by atoms with Crippen molar-refractivity contribution >= 4 is 33.0 Å². The Bertz CT molecular complexity index is 559. The van der Waals surface area contributed by atoms with Crippen molar-refractivity contribution in [3.63, 3.8) is 0 Å². The van der Waals surface area contributed by atoms with E-state index in [1.165, 1.54) is 0 Å². The van der Waals surface area contributed by atoms with Gasteiger partial charge < -0.3 is 15.2 Å². The number of nitrogens with two attached hydrogens (primary N) is 1. The summed E-state index contributed by atoms with van der Waals surface area (Å²) in [7, 11) is 1.67. The number of unbranched alkanes of at least 4 members (excludes halogenated alkanes) is 1. The molecular formula is C13H19BrN4O2.